The van der Waals surface area contributed by atoms with Gasteiger partial charge in [0.2, 0.25) is 0 Å². The molecule has 4 rings (SSSR count). The van der Waals surface area contributed by atoms with Gasteiger partial charge in [0, 0.05) is 49.8 Å². The molecule has 0 saturated heterocycles. The fourth-order valence-corrected chi connectivity index (χ4v) is 4.20. The largest absolute Gasteiger partial charge is 0.398 e. The fourth-order valence-electron chi connectivity index (χ4n) is 3.45. The third kappa shape index (κ3) is 3.88. The smallest absolute Gasteiger partial charge is 0.262 e. The van der Waals surface area contributed by atoms with Crippen LogP contribution in [-0.2, 0) is 11.5 Å². The van der Waals surface area contributed by atoms with Crippen LogP contribution in [0.15, 0.2) is 53.7 Å². The van der Waals surface area contributed by atoms with Crippen LogP contribution in [0.1, 0.15) is 0 Å². The molecule has 0 fully saturated rings. The number of aromatic nitrogens is 3. The first-order valence-corrected chi connectivity index (χ1v) is 13.6. The Balaban J connectivity index is 1.74. The Morgan fingerprint density at radius 2 is 1.97 bits per heavy atom. The Kier molecular flexibility index (Phi) is 5.21. The van der Waals surface area contributed by atoms with Crippen molar-refractivity contribution in [1.82, 2.24) is 14.0 Å². The van der Waals surface area contributed by atoms with E-state index in [0.29, 0.717) is 23.3 Å². The molecule has 8 heteroatoms. The molecule has 1 aromatic carbocycles. The normalized spacial score (nSPS) is 12.1. The average molecular weight is 425 g/mol. The summed E-state index contributed by atoms with van der Waals surface area (Å²) in [5, 5.41) is 1.17. The minimum atomic E-state index is -1.19. The topological polar surface area (TPSA) is 74.6 Å². The Labute approximate surface area is 174 Å². The second-order valence-corrected chi connectivity index (χ2v) is 14.3. The van der Waals surface area contributed by atoms with E-state index in [1.807, 2.05) is 12.1 Å². The van der Waals surface area contributed by atoms with E-state index in [-0.39, 0.29) is 18.1 Å². The summed E-state index contributed by atoms with van der Waals surface area (Å²) in [4.78, 5) is 17.4. The van der Waals surface area contributed by atoms with E-state index in [4.69, 9.17) is 10.5 Å². The zero-order chi connectivity index (χ0) is 21.5. The van der Waals surface area contributed by atoms with Crippen molar-refractivity contribution in [3.63, 3.8) is 0 Å². The van der Waals surface area contributed by atoms with Crippen molar-refractivity contribution in [2.24, 2.45) is 0 Å². The number of ether oxygens (including phenoxy) is 1. The van der Waals surface area contributed by atoms with Gasteiger partial charge in [0.15, 0.2) is 0 Å². The Bertz CT molecular complexity index is 1290. The van der Waals surface area contributed by atoms with Gasteiger partial charge in [-0.2, -0.15) is 0 Å². The van der Waals surface area contributed by atoms with E-state index in [9.17, 15) is 9.18 Å². The van der Waals surface area contributed by atoms with Gasteiger partial charge in [0.1, 0.15) is 18.2 Å². The molecule has 0 amide bonds. The molecule has 0 spiro atoms. The molecule has 0 aliphatic rings. The zero-order valence-corrected chi connectivity index (χ0v) is 18.4. The highest BCUT2D eigenvalue weighted by Gasteiger charge is 2.15. The van der Waals surface area contributed by atoms with Crippen molar-refractivity contribution in [1.29, 1.82) is 0 Å². The van der Waals surface area contributed by atoms with Gasteiger partial charge in [0.25, 0.3) is 5.56 Å². The highest BCUT2D eigenvalue weighted by molar-refractivity contribution is 6.76. The lowest BCUT2D eigenvalue weighted by atomic mass is 10.0. The maximum Gasteiger partial charge on any atom is 0.262 e. The number of fused-ring (bicyclic) bond motifs is 2. The predicted octanol–water partition coefficient (Wildman–Crippen LogP) is 4.35. The van der Waals surface area contributed by atoms with E-state index < -0.39 is 8.07 Å². The minimum absolute atomic E-state index is 0.192. The molecule has 6 nitrogen and oxygen atoms in total. The summed E-state index contributed by atoms with van der Waals surface area (Å²) in [5.74, 6) is -0.348. The number of nitrogens with two attached hydrogens (primary N) is 1. The molecule has 156 valence electrons. The van der Waals surface area contributed by atoms with Gasteiger partial charge >= 0.3 is 0 Å². The van der Waals surface area contributed by atoms with Gasteiger partial charge in [-0.3, -0.25) is 13.8 Å². The Hall–Kier alpha value is -2.97. The molecular weight excluding hydrogens is 399 g/mol. The summed E-state index contributed by atoms with van der Waals surface area (Å²) in [6, 6.07) is 9.23. The summed E-state index contributed by atoms with van der Waals surface area (Å²) >= 11 is 0. The van der Waals surface area contributed by atoms with Crippen LogP contribution in [0.5, 0.6) is 0 Å². The molecule has 0 aliphatic carbocycles. The lowest BCUT2D eigenvalue weighted by molar-refractivity contribution is 0.0851. The van der Waals surface area contributed by atoms with Crippen LogP contribution in [0.4, 0.5) is 10.1 Å². The van der Waals surface area contributed by atoms with Crippen molar-refractivity contribution in [2.75, 3.05) is 12.3 Å². The molecule has 0 atom stereocenters. The monoisotopic (exact) mass is 424 g/mol. The lowest BCUT2D eigenvalue weighted by Gasteiger charge is -2.16. The maximum atomic E-state index is 13.5. The van der Waals surface area contributed by atoms with E-state index in [1.54, 1.807) is 29.1 Å². The molecule has 0 aliphatic heterocycles. The third-order valence-corrected chi connectivity index (χ3v) is 6.86. The lowest BCUT2D eigenvalue weighted by Crippen LogP contribution is -2.25. The predicted molar refractivity (Wildman–Crippen MR) is 121 cm³/mol. The molecule has 0 unspecified atom stereocenters. The second kappa shape index (κ2) is 7.70. The number of hydrogen-bond acceptors (Lipinski definition) is 4. The summed E-state index contributed by atoms with van der Waals surface area (Å²) < 4.78 is 22.6. The number of nitrogen functional groups attached to an aromatic ring is 1. The van der Waals surface area contributed by atoms with Gasteiger partial charge in [0.05, 0.1) is 17.3 Å². The quantitative estimate of drug-likeness (QED) is 0.284. The van der Waals surface area contributed by atoms with Crippen LogP contribution in [-0.4, -0.2) is 28.6 Å². The number of benzene rings is 1. The number of halogens is 1. The van der Waals surface area contributed by atoms with Crippen LogP contribution >= 0.6 is 0 Å². The third-order valence-electron chi connectivity index (χ3n) is 5.15. The summed E-state index contributed by atoms with van der Waals surface area (Å²) in [6.45, 7) is 7.69. The van der Waals surface area contributed by atoms with E-state index in [1.165, 1.54) is 16.7 Å². The number of imidazole rings is 1. The molecule has 2 N–H and O–H groups in total. The van der Waals surface area contributed by atoms with Gasteiger partial charge in [-0.25, -0.2) is 9.37 Å². The molecule has 4 aromatic rings. The highest BCUT2D eigenvalue weighted by atomic mass is 28.3. The second-order valence-electron chi connectivity index (χ2n) is 8.65. The zero-order valence-electron chi connectivity index (χ0n) is 17.4. The first kappa shape index (κ1) is 20.3. The first-order chi connectivity index (χ1) is 14.2. The number of anilines is 1. The molecule has 0 bridgehead atoms. The number of rotatable bonds is 6. The molecular formula is C22H25FN4O2Si. The van der Waals surface area contributed by atoms with Gasteiger partial charge in [-0.15, -0.1) is 0 Å². The molecule has 3 aromatic heterocycles. The van der Waals surface area contributed by atoms with E-state index in [0.717, 1.165) is 22.7 Å². The summed E-state index contributed by atoms with van der Waals surface area (Å²) in [6.07, 6.45) is 5.03. The van der Waals surface area contributed by atoms with Crippen molar-refractivity contribution < 1.29 is 9.13 Å². The Morgan fingerprint density at radius 1 is 1.17 bits per heavy atom. The SMILES string of the molecule is C[Si](C)(C)CCOCn1ccc2c(-c3cnc4cc(F)ccn34)ccc(N)c2c1=O. The molecule has 30 heavy (non-hydrogen) atoms. The minimum Gasteiger partial charge on any atom is -0.398 e. The molecule has 0 saturated carbocycles. The fraction of sp³-hybridized carbons (Fsp3) is 0.273. The van der Waals surface area contributed by atoms with Crippen molar-refractivity contribution in [3.8, 4) is 11.3 Å². The van der Waals surface area contributed by atoms with Crippen molar-refractivity contribution in [3.05, 3.63) is 65.1 Å². The number of pyridine rings is 2. The van der Waals surface area contributed by atoms with Gasteiger partial charge in [-0.1, -0.05) is 25.7 Å². The van der Waals surface area contributed by atoms with Crippen LogP contribution in [0.25, 0.3) is 27.7 Å². The number of nitrogens with zero attached hydrogens (tertiary/aromatic N) is 3. The highest BCUT2D eigenvalue weighted by Crippen LogP contribution is 2.31. The molecule has 0 radical (unpaired) electrons. The van der Waals surface area contributed by atoms with E-state index in [2.05, 4.69) is 24.6 Å². The van der Waals surface area contributed by atoms with E-state index >= 15 is 0 Å². The van der Waals surface area contributed by atoms with Crippen LogP contribution in [0.2, 0.25) is 25.7 Å². The van der Waals surface area contributed by atoms with Gasteiger partial charge < -0.3 is 10.5 Å². The maximum absolute atomic E-state index is 13.5. The van der Waals surface area contributed by atoms with Crippen LogP contribution in [0, 0.1) is 5.82 Å². The first-order valence-electron chi connectivity index (χ1n) is 9.87. The van der Waals surface area contributed by atoms with Crippen molar-refractivity contribution >= 4 is 30.2 Å². The summed E-state index contributed by atoms with van der Waals surface area (Å²) in [5.41, 5.74) is 8.46. The number of hydrogen-bond donors (Lipinski definition) is 1. The van der Waals surface area contributed by atoms with Gasteiger partial charge in [-0.05, 0) is 24.2 Å². The standard InChI is InChI=1S/C22H25FN4O2Si/c1-30(2,3)11-10-29-14-26-8-7-17-16(4-5-18(24)21(17)22(26)28)19-13-25-20-12-15(23)6-9-27(19)20/h4-9,12-13H,10-11,14,24H2,1-3H3. The average Bonchev–Trinajstić information content (AvgIpc) is 3.09. The molecule has 3 heterocycles. The van der Waals surface area contributed by atoms with Crippen molar-refractivity contribution in [2.45, 2.75) is 32.4 Å². The summed E-state index contributed by atoms with van der Waals surface area (Å²) in [7, 11) is -1.19. The van der Waals surface area contributed by atoms with Crippen LogP contribution in [0.3, 0.4) is 0 Å². The Morgan fingerprint density at radius 3 is 2.73 bits per heavy atom. The van der Waals surface area contributed by atoms with Crippen LogP contribution < -0.4 is 11.3 Å².